The number of benzene rings is 1. The van der Waals surface area contributed by atoms with E-state index < -0.39 is 30.4 Å². The minimum absolute atomic E-state index is 0.621. The summed E-state index contributed by atoms with van der Waals surface area (Å²) in [5.41, 5.74) is -0.621. The number of halogens is 7. The van der Waals surface area contributed by atoms with Crippen molar-refractivity contribution in [3.05, 3.63) is 34.6 Å². The second-order valence-corrected chi connectivity index (χ2v) is 2.29. The molecule has 0 aromatic heterocycles. The molecule has 0 spiro atoms. The van der Waals surface area contributed by atoms with Gasteiger partial charge in [-0.1, -0.05) is 0 Å². The molecule has 0 aliphatic heterocycles. The molecule has 2 nitrogen and oxygen atoms in total. The average Bonchev–Trinajstić information content (AvgIpc) is 2.12. The monoisotopic (exact) mass is 246 g/mol. The second kappa shape index (κ2) is 5.34. The van der Waals surface area contributed by atoms with Crippen LogP contribution in [0.25, 0.3) is 4.98 Å². The summed E-state index contributed by atoms with van der Waals surface area (Å²) in [6.45, 7) is 0. The lowest BCUT2D eigenvalue weighted by molar-refractivity contribution is 0.368. The third-order valence-electron chi connectivity index (χ3n) is 1.12. The molecule has 0 N–H and O–H groups in total. The van der Waals surface area contributed by atoms with E-state index in [1.54, 1.807) is 0 Å². The van der Waals surface area contributed by atoms with E-state index in [0.717, 1.165) is 6.07 Å². The van der Waals surface area contributed by atoms with Crippen LogP contribution in [0.5, 0.6) is 0 Å². The minimum Gasteiger partial charge on any atom is -0.418 e. The number of hydrogen-bond acceptors (Lipinski definition) is 1. The maximum Gasteiger partial charge on any atom is 0.673 e. The molecule has 0 atom stereocenters. The topological polar surface area (TPSA) is 28.1 Å². The van der Waals surface area contributed by atoms with Crippen molar-refractivity contribution < 1.29 is 30.4 Å². The van der Waals surface area contributed by atoms with Gasteiger partial charge in [-0.05, 0) is 6.07 Å². The normalized spacial score (nSPS) is 10.1. The molecule has 0 aliphatic carbocycles. The Kier molecular flexibility index (Phi) is 4.74. The Balaban J connectivity index is 0.000000385. The summed E-state index contributed by atoms with van der Waals surface area (Å²) in [5.74, 6) is -4.44. The Labute approximate surface area is 84.4 Å². The van der Waals surface area contributed by atoms with Gasteiger partial charge in [-0.25, -0.2) is 8.78 Å². The van der Waals surface area contributed by atoms with Gasteiger partial charge in [0.15, 0.2) is 10.8 Å². The zero-order chi connectivity index (χ0) is 12.9. The highest BCUT2D eigenvalue weighted by molar-refractivity contribution is 6.50. The van der Waals surface area contributed by atoms with Gasteiger partial charge in [-0.15, -0.1) is 0 Å². The average molecular weight is 246 g/mol. The lowest BCUT2D eigenvalue weighted by atomic mass is 10.3. The summed E-state index contributed by atoms with van der Waals surface area (Å²) in [6.07, 6.45) is 0. The summed E-state index contributed by atoms with van der Waals surface area (Å²) in [6, 6.07) is 1.50. The zero-order valence-corrected chi connectivity index (χ0v) is 7.27. The van der Waals surface area contributed by atoms with Crippen molar-refractivity contribution in [2.24, 2.45) is 0 Å². The van der Waals surface area contributed by atoms with Gasteiger partial charge in [-0.3, -0.25) is 0 Å². The first-order valence-corrected chi connectivity index (χ1v) is 3.52. The van der Waals surface area contributed by atoms with Crippen molar-refractivity contribution in [2.45, 2.75) is 0 Å². The summed E-state index contributed by atoms with van der Waals surface area (Å²) < 4.78 is 75.8. The highest BCUT2D eigenvalue weighted by atomic mass is 19.5. The van der Waals surface area contributed by atoms with Crippen LogP contribution in [0.15, 0.2) is 12.1 Å². The smallest absolute Gasteiger partial charge is 0.418 e. The molecule has 0 bridgehead atoms. The molecule has 0 radical (unpaired) electrons. The summed E-state index contributed by atoms with van der Waals surface area (Å²) in [5, 5.41) is 8.03. The molecule has 0 heterocycles. The molecular formula is C6H2BF7N2. The standard InChI is InChI=1S/C6H2F3N2.BF4/c7-3-1-2-4(11-10)6(9)5(3)8;2-1(3,4)5/h1-2H;/q+1;-1. The van der Waals surface area contributed by atoms with Crippen molar-refractivity contribution in [3.8, 4) is 0 Å². The lowest BCUT2D eigenvalue weighted by Crippen LogP contribution is -2.02. The molecule has 0 saturated heterocycles. The van der Waals surface area contributed by atoms with Crippen LogP contribution in [-0.2, 0) is 0 Å². The van der Waals surface area contributed by atoms with Crippen LogP contribution in [0.1, 0.15) is 0 Å². The lowest BCUT2D eigenvalue weighted by Gasteiger charge is -1.94. The number of nitrogens with zero attached hydrogens (tertiary/aromatic N) is 2. The zero-order valence-electron chi connectivity index (χ0n) is 7.27. The molecule has 0 fully saturated rings. The van der Waals surface area contributed by atoms with Crippen molar-refractivity contribution in [2.75, 3.05) is 0 Å². The molecule has 0 aliphatic rings. The predicted molar refractivity (Wildman–Crippen MR) is 41.2 cm³/mol. The van der Waals surface area contributed by atoms with Gasteiger partial charge in [0.2, 0.25) is 11.2 Å². The van der Waals surface area contributed by atoms with Gasteiger partial charge >= 0.3 is 12.9 Å². The first-order chi connectivity index (χ1) is 7.16. The van der Waals surface area contributed by atoms with Crippen molar-refractivity contribution in [1.29, 1.82) is 5.39 Å². The third kappa shape index (κ3) is 5.18. The second-order valence-electron chi connectivity index (χ2n) is 2.29. The van der Waals surface area contributed by atoms with Gasteiger partial charge in [0, 0.05) is 6.07 Å². The quantitative estimate of drug-likeness (QED) is 0.295. The fraction of sp³-hybridized carbons (Fsp3) is 0. The highest BCUT2D eigenvalue weighted by Crippen LogP contribution is 2.21. The van der Waals surface area contributed by atoms with E-state index in [0.29, 0.717) is 6.07 Å². The SMILES string of the molecule is F[B-](F)(F)F.N#[N+]c1ccc(F)c(F)c1F. The Bertz CT molecular complexity index is 405. The molecule has 88 valence electrons. The largest absolute Gasteiger partial charge is 0.673 e. The maximum atomic E-state index is 12.4. The van der Waals surface area contributed by atoms with Crippen LogP contribution in [0.3, 0.4) is 0 Å². The van der Waals surface area contributed by atoms with E-state index >= 15 is 0 Å². The van der Waals surface area contributed by atoms with Gasteiger partial charge in [0.1, 0.15) is 0 Å². The fourth-order valence-electron chi connectivity index (χ4n) is 0.593. The molecule has 16 heavy (non-hydrogen) atoms. The van der Waals surface area contributed by atoms with Crippen molar-refractivity contribution in [3.63, 3.8) is 0 Å². The molecule has 1 aromatic rings. The minimum atomic E-state index is -6.00. The van der Waals surface area contributed by atoms with Crippen LogP contribution in [0, 0.1) is 22.8 Å². The van der Waals surface area contributed by atoms with E-state index in [4.69, 9.17) is 5.39 Å². The molecule has 0 amide bonds. The summed E-state index contributed by atoms with van der Waals surface area (Å²) in [4.78, 5) is 2.39. The van der Waals surface area contributed by atoms with Crippen LogP contribution in [0.4, 0.5) is 36.1 Å². The van der Waals surface area contributed by atoms with E-state index in [1.807, 2.05) is 0 Å². The van der Waals surface area contributed by atoms with Crippen LogP contribution < -0.4 is 0 Å². The van der Waals surface area contributed by atoms with E-state index in [-0.39, 0.29) is 0 Å². The summed E-state index contributed by atoms with van der Waals surface area (Å²) in [7, 11) is -6.00. The molecule has 0 saturated carbocycles. The van der Waals surface area contributed by atoms with Crippen LogP contribution in [0.2, 0.25) is 0 Å². The first kappa shape index (κ1) is 14.2. The van der Waals surface area contributed by atoms with E-state index in [2.05, 4.69) is 4.98 Å². The first-order valence-electron chi connectivity index (χ1n) is 3.52. The van der Waals surface area contributed by atoms with Crippen LogP contribution in [-0.4, -0.2) is 7.25 Å². The Morgan fingerprint density at radius 2 is 1.38 bits per heavy atom. The molecule has 0 unspecified atom stereocenters. The maximum absolute atomic E-state index is 12.4. The number of rotatable bonds is 0. The van der Waals surface area contributed by atoms with Crippen molar-refractivity contribution >= 4 is 12.9 Å². The van der Waals surface area contributed by atoms with Gasteiger partial charge in [0.05, 0.1) is 0 Å². The molecular weight excluding hydrogens is 244 g/mol. The highest BCUT2D eigenvalue weighted by Gasteiger charge is 2.21. The molecule has 1 aromatic carbocycles. The Morgan fingerprint density at radius 3 is 1.75 bits per heavy atom. The van der Waals surface area contributed by atoms with Crippen molar-refractivity contribution in [1.82, 2.24) is 0 Å². The van der Waals surface area contributed by atoms with E-state index in [9.17, 15) is 30.4 Å². The molecule has 10 heteroatoms. The Morgan fingerprint density at radius 1 is 0.938 bits per heavy atom. The van der Waals surface area contributed by atoms with Gasteiger partial charge in [-0.2, -0.15) is 4.39 Å². The van der Waals surface area contributed by atoms with E-state index in [1.165, 1.54) is 0 Å². The Hall–Kier alpha value is -1.79. The van der Waals surface area contributed by atoms with Crippen LogP contribution >= 0.6 is 0 Å². The fourth-order valence-corrected chi connectivity index (χ4v) is 0.593. The third-order valence-corrected chi connectivity index (χ3v) is 1.12. The van der Waals surface area contributed by atoms with Gasteiger partial charge in [0.25, 0.3) is 5.82 Å². The predicted octanol–water partition coefficient (Wildman–Crippen LogP) is 3.89. The van der Waals surface area contributed by atoms with Gasteiger partial charge < -0.3 is 17.3 Å². The molecule has 1 rings (SSSR count). The number of diazo groups is 1. The summed E-state index contributed by atoms with van der Waals surface area (Å²) >= 11 is 0. The number of hydrogen-bond donors (Lipinski definition) is 0.